The highest BCUT2D eigenvalue weighted by Gasteiger charge is 2.07. The molecule has 0 radical (unpaired) electrons. The number of esters is 1. The molecule has 0 spiro atoms. The Morgan fingerprint density at radius 1 is 0.864 bits per heavy atom. The molecule has 0 aliphatic carbocycles. The van der Waals surface area contributed by atoms with Crippen LogP contribution >= 0.6 is 15.9 Å². The summed E-state index contributed by atoms with van der Waals surface area (Å²) in [5.74, 6) is -0.320. The third kappa shape index (κ3) is 16.3. The van der Waals surface area contributed by atoms with Gasteiger partial charge in [-0.1, -0.05) is 93.5 Å². The number of carbonyl (C=O) groups is 1. The van der Waals surface area contributed by atoms with Crippen molar-refractivity contribution in [3.05, 3.63) is 0 Å². The predicted molar refractivity (Wildman–Crippen MR) is 96.4 cm³/mol. The van der Waals surface area contributed by atoms with E-state index in [0.29, 0.717) is 0 Å². The molecule has 0 aromatic rings. The van der Waals surface area contributed by atoms with E-state index in [1.54, 1.807) is 0 Å². The summed E-state index contributed by atoms with van der Waals surface area (Å²) in [6.07, 6.45) is 17.2. The highest BCUT2D eigenvalue weighted by molar-refractivity contribution is 9.09. The molecule has 0 saturated heterocycles. The Labute approximate surface area is 145 Å². The van der Waals surface area contributed by atoms with Crippen LogP contribution in [0.5, 0.6) is 0 Å². The number of unbranched alkanes of at least 4 members (excludes halogenated alkanes) is 11. The quantitative estimate of drug-likeness (QED) is 0.188. The molecular formula is C18H35BrO3. The van der Waals surface area contributed by atoms with Gasteiger partial charge in [-0.15, -0.1) is 0 Å². The molecule has 0 aliphatic rings. The minimum absolute atomic E-state index is 0.0324. The Morgan fingerprint density at radius 3 is 1.77 bits per heavy atom. The lowest BCUT2D eigenvalue weighted by atomic mass is 10.0. The summed E-state index contributed by atoms with van der Waals surface area (Å²) in [6.45, 7) is 2.30. The molecule has 132 valence electrons. The van der Waals surface area contributed by atoms with Crippen LogP contribution in [0.15, 0.2) is 0 Å². The molecule has 0 bridgehead atoms. The fourth-order valence-corrected chi connectivity index (χ4v) is 2.90. The van der Waals surface area contributed by atoms with Crippen LogP contribution in [0.2, 0.25) is 0 Å². The fraction of sp³-hybridized carbons (Fsp3) is 0.944. The first kappa shape index (κ1) is 21.9. The van der Waals surface area contributed by atoms with Crippen molar-refractivity contribution in [1.82, 2.24) is 0 Å². The van der Waals surface area contributed by atoms with Gasteiger partial charge in [0.05, 0.1) is 7.11 Å². The minimum Gasteiger partial charge on any atom is -0.467 e. The average molecular weight is 379 g/mol. The number of hydrogen-bond donors (Lipinski definition) is 0. The zero-order valence-electron chi connectivity index (χ0n) is 14.6. The summed E-state index contributed by atoms with van der Waals surface area (Å²) in [7, 11) is 1.38. The zero-order chi connectivity index (χ0) is 16.5. The van der Waals surface area contributed by atoms with E-state index in [-0.39, 0.29) is 17.6 Å². The molecule has 3 nitrogen and oxygen atoms in total. The summed E-state index contributed by atoms with van der Waals surface area (Å²) >= 11 is 3.43. The van der Waals surface area contributed by atoms with E-state index in [0.717, 1.165) is 12.8 Å². The summed E-state index contributed by atoms with van der Waals surface area (Å²) in [6, 6.07) is 0. The number of halogens is 1. The highest BCUT2D eigenvalue weighted by Crippen LogP contribution is 2.15. The van der Waals surface area contributed by atoms with Gasteiger partial charge >= 0.3 is 5.97 Å². The normalized spacial score (nSPS) is 12.3. The van der Waals surface area contributed by atoms with Crippen molar-refractivity contribution >= 4 is 21.9 Å². The van der Waals surface area contributed by atoms with Crippen molar-refractivity contribution in [2.45, 2.75) is 95.4 Å². The van der Waals surface area contributed by atoms with E-state index in [2.05, 4.69) is 27.6 Å². The number of hydrogen-bond acceptors (Lipinski definition) is 3. The van der Waals surface area contributed by atoms with Crippen molar-refractivity contribution in [3.63, 3.8) is 0 Å². The van der Waals surface area contributed by atoms with Gasteiger partial charge in [0.25, 0.3) is 0 Å². The Balaban J connectivity index is 3.15. The van der Waals surface area contributed by atoms with Crippen LogP contribution in [0.25, 0.3) is 0 Å². The lowest BCUT2D eigenvalue weighted by molar-refractivity contribution is -0.146. The van der Waals surface area contributed by atoms with Gasteiger partial charge in [0.2, 0.25) is 0 Å². The number of rotatable bonds is 16. The number of alkyl halides is 1. The average Bonchev–Trinajstić information content (AvgIpc) is 2.53. The first-order valence-electron chi connectivity index (χ1n) is 9.03. The molecule has 1 unspecified atom stereocenters. The van der Waals surface area contributed by atoms with E-state index in [9.17, 15) is 4.79 Å². The van der Waals surface area contributed by atoms with Crippen LogP contribution < -0.4 is 0 Å². The van der Waals surface area contributed by atoms with Crippen molar-refractivity contribution in [2.75, 3.05) is 13.7 Å². The molecule has 0 rings (SSSR count). The van der Waals surface area contributed by atoms with Gasteiger partial charge in [0.1, 0.15) is 11.6 Å². The topological polar surface area (TPSA) is 35.5 Å². The largest absolute Gasteiger partial charge is 0.467 e. The summed E-state index contributed by atoms with van der Waals surface area (Å²) in [4.78, 5) is 10.9. The van der Waals surface area contributed by atoms with Crippen molar-refractivity contribution in [2.24, 2.45) is 0 Å². The van der Waals surface area contributed by atoms with Crippen LogP contribution in [0.1, 0.15) is 90.4 Å². The predicted octanol–water partition coefficient (Wildman–Crippen LogP) is 5.99. The molecule has 0 aromatic heterocycles. The third-order valence-electron chi connectivity index (χ3n) is 3.89. The molecule has 0 heterocycles. The Hall–Kier alpha value is -0.0900. The fourth-order valence-electron chi connectivity index (χ4n) is 2.45. The van der Waals surface area contributed by atoms with Gasteiger partial charge in [0, 0.05) is 0 Å². The molecule has 1 atom stereocenters. The molecule has 4 heteroatoms. The van der Waals surface area contributed by atoms with E-state index in [1.807, 2.05) is 0 Å². The molecule has 0 fully saturated rings. The van der Waals surface area contributed by atoms with Gasteiger partial charge < -0.3 is 9.47 Å². The first-order valence-corrected chi connectivity index (χ1v) is 9.94. The maximum absolute atomic E-state index is 10.9. The number of carbonyl (C=O) groups excluding carboxylic acids is 1. The zero-order valence-corrected chi connectivity index (χ0v) is 16.2. The maximum atomic E-state index is 10.9. The second kappa shape index (κ2) is 17.3. The second-order valence-electron chi connectivity index (χ2n) is 5.97. The van der Waals surface area contributed by atoms with Crippen LogP contribution in [-0.4, -0.2) is 24.7 Å². The molecule has 0 amide bonds. The summed E-state index contributed by atoms with van der Waals surface area (Å²) in [5, 5.41) is -0.0327. The Kier molecular flexibility index (Phi) is 17.2. The second-order valence-corrected chi connectivity index (χ2v) is 7.00. The molecule has 0 saturated carbocycles. The summed E-state index contributed by atoms with van der Waals surface area (Å²) in [5.41, 5.74) is 0. The smallest absolute Gasteiger partial charge is 0.331 e. The van der Waals surface area contributed by atoms with E-state index >= 15 is 0 Å². The lowest BCUT2D eigenvalue weighted by Crippen LogP contribution is -2.14. The molecular weight excluding hydrogens is 344 g/mol. The van der Waals surface area contributed by atoms with Crippen molar-refractivity contribution in [3.8, 4) is 0 Å². The van der Waals surface area contributed by atoms with Crippen LogP contribution in [-0.2, 0) is 14.3 Å². The van der Waals surface area contributed by atoms with Gasteiger partial charge in [-0.3, -0.25) is 0 Å². The standard InChI is InChI=1S/C18H35BrO3/c1-3-4-5-6-7-8-9-10-11-12-13-14-15-17(19)22-16-18(20)21-2/h17H,3-16H2,1-2H3. The van der Waals surface area contributed by atoms with Crippen molar-refractivity contribution < 1.29 is 14.3 Å². The van der Waals surface area contributed by atoms with Crippen LogP contribution in [0.3, 0.4) is 0 Å². The van der Waals surface area contributed by atoms with Gasteiger partial charge in [-0.25, -0.2) is 4.79 Å². The lowest BCUT2D eigenvalue weighted by Gasteiger charge is -2.10. The van der Waals surface area contributed by atoms with Crippen LogP contribution in [0, 0.1) is 0 Å². The minimum atomic E-state index is -0.320. The first-order chi connectivity index (χ1) is 10.7. The van der Waals surface area contributed by atoms with Gasteiger partial charge in [-0.2, -0.15) is 0 Å². The van der Waals surface area contributed by atoms with Gasteiger partial charge in [-0.05, 0) is 12.8 Å². The molecule has 0 aliphatic heterocycles. The molecule has 22 heavy (non-hydrogen) atoms. The van der Waals surface area contributed by atoms with E-state index in [4.69, 9.17) is 4.74 Å². The number of ether oxygens (including phenoxy) is 2. The Morgan fingerprint density at radius 2 is 1.32 bits per heavy atom. The monoisotopic (exact) mass is 378 g/mol. The molecule has 0 aromatic carbocycles. The molecule has 0 N–H and O–H groups in total. The highest BCUT2D eigenvalue weighted by atomic mass is 79.9. The van der Waals surface area contributed by atoms with Gasteiger partial charge in [0.15, 0.2) is 0 Å². The maximum Gasteiger partial charge on any atom is 0.331 e. The Bertz CT molecular complexity index is 246. The number of methoxy groups -OCH3 is 1. The SMILES string of the molecule is CCCCCCCCCCCCCCC(Br)OCC(=O)OC. The third-order valence-corrected chi connectivity index (χ3v) is 4.62. The van der Waals surface area contributed by atoms with Crippen molar-refractivity contribution in [1.29, 1.82) is 0 Å². The van der Waals surface area contributed by atoms with E-state index < -0.39 is 0 Å². The summed E-state index contributed by atoms with van der Waals surface area (Å²) < 4.78 is 9.87. The van der Waals surface area contributed by atoms with E-state index in [1.165, 1.54) is 77.7 Å². The van der Waals surface area contributed by atoms with Crippen LogP contribution in [0.4, 0.5) is 0 Å².